The summed E-state index contributed by atoms with van der Waals surface area (Å²) in [5.41, 5.74) is 1.22. The Labute approximate surface area is 122 Å². The highest BCUT2D eigenvalue weighted by molar-refractivity contribution is 6.30. The number of halogens is 2. The number of ether oxygens (including phenoxy) is 2. The van der Waals surface area contributed by atoms with Gasteiger partial charge in [0.15, 0.2) is 0 Å². The number of rotatable bonds is 5. The Morgan fingerprint density at radius 1 is 1.10 bits per heavy atom. The van der Waals surface area contributed by atoms with Crippen LogP contribution < -0.4 is 14.8 Å². The van der Waals surface area contributed by atoms with Gasteiger partial charge in [-0.25, -0.2) is 4.39 Å². The molecule has 0 heterocycles. The van der Waals surface area contributed by atoms with Crippen molar-refractivity contribution in [2.45, 2.75) is 6.54 Å². The average molecular weight is 296 g/mol. The molecule has 0 aliphatic heterocycles. The minimum Gasteiger partial charge on any atom is -0.497 e. The molecule has 20 heavy (non-hydrogen) atoms. The number of nitrogens with one attached hydrogen (secondary N) is 1. The molecular weight excluding hydrogens is 281 g/mol. The summed E-state index contributed by atoms with van der Waals surface area (Å²) in [6, 6.07) is 9.84. The van der Waals surface area contributed by atoms with Gasteiger partial charge in [-0.15, -0.1) is 0 Å². The van der Waals surface area contributed by atoms with Crippen molar-refractivity contribution in [2.75, 3.05) is 19.5 Å². The van der Waals surface area contributed by atoms with Gasteiger partial charge in [-0.3, -0.25) is 0 Å². The Morgan fingerprint density at radius 2 is 1.90 bits per heavy atom. The van der Waals surface area contributed by atoms with Gasteiger partial charge in [-0.1, -0.05) is 11.6 Å². The molecule has 1 N–H and O–H groups in total. The molecule has 0 atom stereocenters. The Hall–Kier alpha value is -1.94. The fourth-order valence-electron chi connectivity index (χ4n) is 1.84. The van der Waals surface area contributed by atoms with Gasteiger partial charge >= 0.3 is 0 Å². The predicted molar refractivity (Wildman–Crippen MR) is 78.3 cm³/mol. The molecule has 0 bridgehead atoms. The molecule has 0 spiro atoms. The summed E-state index contributed by atoms with van der Waals surface area (Å²) in [6.07, 6.45) is 0. The number of benzene rings is 2. The summed E-state index contributed by atoms with van der Waals surface area (Å²) < 4.78 is 24.1. The maximum atomic E-state index is 13.6. The molecule has 0 radical (unpaired) electrons. The molecule has 0 fully saturated rings. The predicted octanol–water partition coefficient (Wildman–Crippen LogP) is 4.11. The fraction of sp³-hybridized carbons (Fsp3) is 0.200. The zero-order valence-electron chi connectivity index (χ0n) is 11.2. The van der Waals surface area contributed by atoms with E-state index < -0.39 is 0 Å². The lowest BCUT2D eigenvalue weighted by atomic mass is 10.2. The lowest BCUT2D eigenvalue weighted by Crippen LogP contribution is -2.03. The molecule has 0 aliphatic carbocycles. The standard InChI is InChI=1S/C15H15ClFNO2/c1-19-12-4-6-15(20-2)10(7-12)9-18-14-8-11(16)3-5-13(14)17/h3-8,18H,9H2,1-2H3. The molecule has 2 aromatic carbocycles. The van der Waals surface area contributed by atoms with E-state index in [1.165, 1.54) is 12.1 Å². The summed E-state index contributed by atoms with van der Waals surface area (Å²) >= 11 is 5.85. The highest BCUT2D eigenvalue weighted by atomic mass is 35.5. The van der Waals surface area contributed by atoms with Gasteiger partial charge in [-0.05, 0) is 36.4 Å². The van der Waals surface area contributed by atoms with E-state index in [9.17, 15) is 4.39 Å². The van der Waals surface area contributed by atoms with Gasteiger partial charge < -0.3 is 14.8 Å². The quantitative estimate of drug-likeness (QED) is 0.900. The molecular formula is C15H15ClFNO2. The Kier molecular flexibility index (Phi) is 4.69. The van der Waals surface area contributed by atoms with Crippen molar-refractivity contribution in [3.63, 3.8) is 0 Å². The van der Waals surface area contributed by atoms with Crippen LogP contribution in [0.3, 0.4) is 0 Å². The zero-order chi connectivity index (χ0) is 14.5. The number of anilines is 1. The molecule has 3 nitrogen and oxygen atoms in total. The van der Waals surface area contributed by atoms with Crippen LogP contribution in [0.1, 0.15) is 5.56 Å². The third-order valence-corrected chi connectivity index (χ3v) is 3.12. The van der Waals surface area contributed by atoms with Crippen LogP contribution in [-0.2, 0) is 6.54 Å². The van der Waals surface area contributed by atoms with E-state index in [0.29, 0.717) is 28.8 Å². The summed E-state index contributed by atoms with van der Waals surface area (Å²) in [6.45, 7) is 0.400. The Bertz CT molecular complexity index is 604. The minimum atomic E-state index is -0.351. The molecule has 2 rings (SSSR count). The van der Waals surface area contributed by atoms with Gasteiger partial charge in [0.2, 0.25) is 0 Å². The first kappa shape index (κ1) is 14.5. The second-order valence-electron chi connectivity index (χ2n) is 4.16. The maximum absolute atomic E-state index is 13.6. The molecule has 0 aromatic heterocycles. The monoisotopic (exact) mass is 295 g/mol. The van der Waals surface area contributed by atoms with E-state index >= 15 is 0 Å². The van der Waals surface area contributed by atoms with Crippen LogP contribution in [0.4, 0.5) is 10.1 Å². The van der Waals surface area contributed by atoms with Gasteiger partial charge in [0.1, 0.15) is 17.3 Å². The van der Waals surface area contributed by atoms with Crippen LogP contribution in [0.2, 0.25) is 5.02 Å². The van der Waals surface area contributed by atoms with Crippen molar-refractivity contribution in [3.05, 3.63) is 52.8 Å². The van der Waals surface area contributed by atoms with Gasteiger partial charge in [0.25, 0.3) is 0 Å². The Morgan fingerprint density at radius 3 is 2.60 bits per heavy atom. The topological polar surface area (TPSA) is 30.5 Å². The van der Waals surface area contributed by atoms with Gasteiger partial charge in [-0.2, -0.15) is 0 Å². The van der Waals surface area contributed by atoms with E-state index in [4.69, 9.17) is 21.1 Å². The first-order valence-electron chi connectivity index (χ1n) is 6.04. The van der Waals surface area contributed by atoms with Crippen LogP contribution >= 0.6 is 11.6 Å². The molecule has 0 aliphatic rings. The van der Waals surface area contributed by atoms with Crippen LogP contribution in [0, 0.1) is 5.82 Å². The van der Waals surface area contributed by atoms with E-state index in [-0.39, 0.29) is 5.82 Å². The molecule has 0 amide bonds. The molecule has 106 valence electrons. The third-order valence-electron chi connectivity index (χ3n) is 2.89. The van der Waals surface area contributed by atoms with Crippen molar-refractivity contribution < 1.29 is 13.9 Å². The van der Waals surface area contributed by atoms with Crippen LogP contribution in [0.15, 0.2) is 36.4 Å². The highest BCUT2D eigenvalue weighted by Crippen LogP contribution is 2.26. The Balaban J connectivity index is 2.19. The second kappa shape index (κ2) is 6.48. The molecule has 0 saturated carbocycles. The summed E-state index contributed by atoms with van der Waals surface area (Å²) in [4.78, 5) is 0. The van der Waals surface area contributed by atoms with E-state index in [1.807, 2.05) is 18.2 Å². The van der Waals surface area contributed by atoms with E-state index in [0.717, 1.165) is 5.56 Å². The number of hydrogen-bond acceptors (Lipinski definition) is 3. The van der Waals surface area contributed by atoms with Crippen molar-refractivity contribution in [2.24, 2.45) is 0 Å². The lowest BCUT2D eigenvalue weighted by Gasteiger charge is -2.12. The van der Waals surface area contributed by atoms with E-state index in [2.05, 4.69) is 5.32 Å². The van der Waals surface area contributed by atoms with Crippen molar-refractivity contribution in [3.8, 4) is 11.5 Å². The zero-order valence-corrected chi connectivity index (χ0v) is 12.0. The second-order valence-corrected chi connectivity index (χ2v) is 4.59. The van der Waals surface area contributed by atoms with Crippen LogP contribution in [0.5, 0.6) is 11.5 Å². The molecule has 5 heteroatoms. The maximum Gasteiger partial charge on any atom is 0.146 e. The van der Waals surface area contributed by atoms with Crippen LogP contribution in [0.25, 0.3) is 0 Å². The third kappa shape index (κ3) is 3.33. The first-order valence-corrected chi connectivity index (χ1v) is 6.41. The SMILES string of the molecule is COc1ccc(OC)c(CNc2cc(Cl)ccc2F)c1. The molecule has 0 unspecified atom stereocenters. The summed E-state index contributed by atoms with van der Waals surface area (Å²) in [5.74, 6) is 1.08. The van der Waals surface area contributed by atoms with E-state index in [1.54, 1.807) is 20.3 Å². The smallest absolute Gasteiger partial charge is 0.146 e. The number of hydrogen-bond donors (Lipinski definition) is 1. The van der Waals surface area contributed by atoms with Crippen molar-refractivity contribution in [1.82, 2.24) is 0 Å². The van der Waals surface area contributed by atoms with Crippen molar-refractivity contribution >= 4 is 17.3 Å². The molecule has 2 aromatic rings. The first-order chi connectivity index (χ1) is 9.63. The van der Waals surface area contributed by atoms with Gasteiger partial charge in [0.05, 0.1) is 19.9 Å². The normalized spacial score (nSPS) is 10.2. The largest absolute Gasteiger partial charge is 0.497 e. The van der Waals surface area contributed by atoms with Crippen molar-refractivity contribution in [1.29, 1.82) is 0 Å². The fourth-order valence-corrected chi connectivity index (χ4v) is 2.02. The van der Waals surface area contributed by atoms with Gasteiger partial charge in [0, 0.05) is 17.1 Å². The molecule has 0 saturated heterocycles. The summed E-state index contributed by atoms with van der Waals surface area (Å²) in [7, 11) is 3.18. The lowest BCUT2D eigenvalue weighted by molar-refractivity contribution is 0.399. The average Bonchev–Trinajstić information content (AvgIpc) is 2.47. The number of methoxy groups -OCH3 is 2. The van der Waals surface area contributed by atoms with Crippen LogP contribution in [-0.4, -0.2) is 14.2 Å². The minimum absolute atomic E-state index is 0.349. The highest BCUT2D eigenvalue weighted by Gasteiger charge is 2.07. The summed E-state index contributed by atoms with van der Waals surface area (Å²) in [5, 5.41) is 3.48.